The maximum absolute atomic E-state index is 13.1. The van der Waals surface area contributed by atoms with Gasteiger partial charge in [-0.05, 0) is 31.2 Å². The predicted molar refractivity (Wildman–Crippen MR) is 107 cm³/mol. The second kappa shape index (κ2) is 7.77. The zero-order chi connectivity index (χ0) is 19.5. The second-order valence-corrected chi connectivity index (χ2v) is 7.04. The van der Waals surface area contributed by atoms with Gasteiger partial charge in [-0.25, -0.2) is 9.37 Å². The molecule has 28 heavy (non-hydrogen) atoms. The van der Waals surface area contributed by atoms with Crippen molar-refractivity contribution in [3.63, 3.8) is 0 Å². The number of benzene rings is 2. The number of aryl methyl sites for hydroxylation is 1. The number of thioether (sulfide) groups is 1. The molecule has 1 N–H and O–H groups in total. The summed E-state index contributed by atoms with van der Waals surface area (Å²) < 4.78 is 14.7. The summed E-state index contributed by atoms with van der Waals surface area (Å²) in [4.78, 5) is 21.1. The number of Topliss-reactive ketones (excluding diaryl/α,β-unsaturated/α-hetero) is 1. The number of fused-ring (bicyclic) bond motifs is 1. The summed E-state index contributed by atoms with van der Waals surface area (Å²) in [6.07, 6.45) is 0. The molecule has 2 aromatic heterocycles. The van der Waals surface area contributed by atoms with Gasteiger partial charge >= 0.3 is 0 Å². The topological polar surface area (TPSA) is 72.2 Å². The highest BCUT2D eigenvalue weighted by atomic mass is 32.2. The fourth-order valence-electron chi connectivity index (χ4n) is 2.64. The highest BCUT2D eigenvalue weighted by molar-refractivity contribution is 7.99. The lowest BCUT2D eigenvalue weighted by Gasteiger charge is -2.08. The molecule has 8 heteroatoms. The molecular weight excluding hydrogens is 377 g/mol. The Kier molecular flexibility index (Phi) is 5.03. The van der Waals surface area contributed by atoms with Crippen molar-refractivity contribution < 1.29 is 9.18 Å². The molecule has 0 fully saturated rings. The number of halogens is 1. The van der Waals surface area contributed by atoms with Gasteiger partial charge in [-0.3, -0.25) is 4.79 Å². The summed E-state index contributed by atoms with van der Waals surface area (Å²) >= 11 is 1.26. The Morgan fingerprint density at radius 1 is 1.11 bits per heavy atom. The van der Waals surface area contributed by atoms with E-state index in [1.165, 1.54) is 23.9 Å². The van der Waals surface area contributed by atoms with E-state index in [1.807, 2.05) is 31.2 Å². The maximum Gasteiger partial charge on any atom is 0.255 e. The van der Waals surface area contributed by atoms with Crippen LogP contribution >= 0.6 is 11.8 Å². The fourth-order valence-corrected chi connectivity index (χ4v) is 3.35. The smallest absolute Gasteiger partial charge is 0.255 e. The first kappa shape index (κ1) is 18.1. The first-order valence-corrected chi connectivity index (χ1v) is 9.55. The van der Waals surface area contributed by atoms with Crippen LogP contribution in [0.25, 0.3) is 5.78 Å². The molecule has 0 spiro atoms. The quantitative estimate of drug-likeness (QED) is 0.389. The third kappa shape index (κ3) is 4.01. The van der Waals surface area contributed by atoms with Crippen LogP contribution in [0.1, 0.15) is 16.1 Å². The van der Waals surface area contributed by atoms with Gasteiger partial charge in [0.25, 0.3) is 5.78 Å². The molecule has 0 radical (unpaired) electrons. The number of ketones is 1. The van der Waals surface area contributed by atoms with Gasteiger partial charge < -0.3 is 5.32 Å². The number of rotatable bonds is 6. The molecular formula is C20H16FN5OS. The molecule has 0 unspecified atom stereocenters. The maximum atomic E-state index is 13.1. The van der Waals surface area contributed by atoms with Crippen molar-refractivity contribution >= 4 is 34.8 Å². The third-order valence-corrected chi connectivity index (χ3v) is 4.80. The summed E-state index contributed by atoms with van der Waals surface area (Å²) in [5, 5.41) is 8.11. The zero-order valence-electron chi connectivity index (χ0n) is 15.0. The standard InChI is InChI=1S/C20H16FN5OS/c1-13-11-18(23-16-9-7-15(21)8-10-16)26-19(22-13)24-20(25-26)28-12-17(27)14-5-3-2-4-6-14/h2-11,23H,12H2,1H3. The van der Waals surface area contributed by atoms with Gasteiger partial charge in [0, 0.05) is 23.0 Å². The molecule has 6 nitrogen and oxygen atoms in total. The minimum Gasteiger partial charge on any atom is -0.340 e. The van der Waals surface area contributed by atoms with Gasteiger partial charge in [-0.1, -0.05) is 42.1 Å². The van der Waals surface area contributed by atoms with Crippen molar-refractivity contribution in [1.82, 2.24) is 19.6 Å². The number of nitrogens with zero attached hydrogens (tertiary/aromatic N) is 4. The first-order chi connectivity index (χ1) is 13.6. The number of hydrogen-bond donors (Lipinski definition) is 1. The Labute approximate surface area is 164 Å². The lowest BCUT2D eigenvalue weighted by Crippen LogP contribution is -2.03. The number of nitrogens with one attached hydrogen (secondary N) is 1. The van der Waals surface area contributed by atoms with Crippen molar-refractivity contribution in [2.24, 2.45) is 0 Å². The summed E-state index contributed by atoms with van der Waals surface area (Å²) in [6, 6.07) is 17.0. The van der Waals surface area contributed by atoms with Crippen LogP contribution in [0.2, 0.25) is 0 Å². The van der Waals surface area contributed by atoms with Gasteiger partial charge in [0.2, 0.25) is 5.16 Å². The fraction of sp³-hybridized carbons (Fsp3) is 0.100. The van der Waals surface area contributed by atoms with E-state index in [0.717, 1.165) is 11.4 Å². The average molecular weight is 393 g/mol. The molecule has 0 aliphatic carbocycles. The lowest BCUT2D eigenvalue weighted by molar-refractivity contribution is 0.102. The monoisotopic (exact) mass is 393 g/mol. The van der Waals surface area contributed by atoms with E-state index in [4.69, 9.17) is 0 Å². The molecule has 0 bridgehead atoms. The Morgan fingerprint density at radius 3 is 2.61 bits per heavy atom. The molecule has 2 aromatic carbocycles. The van der Waals surface area contributed by atoms with E-state index in [1.54, 1.807) is 28.8 Å². The highest BCUT2D eigenvalue weighted by Gasteiger charge is 2.13. The molecule has 140 valence electrons. The van der Waals surface area contributed by atoms with Gasteiger partial charge in [0.05, 0.1) is 5.75 Å². The first-order valence-electron chi connectivity index (χ1n) is 8.56. The van der Waals surface area contributed by atoms with E-state index in [0.29, 0.717) is 22.3 Å². The summed E-state index contributed by atoms with van der Waals surface area (Å²) in [7, 11) is 0. The number of anilines is 2. The largest absolute Gasteiger partial charge is 0.340 e. The molecule has 0 amide bonds. The SMILES string of the molecule is Cc1cc(Nc2ccc(F)cc2)n2nc(SCC(=O)c3ccccc3)nc2n1. The molecule has 0 saturated heterocycles. The van der Waals surface area contributed by atoms with Crippen molar-refractivity contribution in [3.05, 3.63) is 77.7 Å². The second-order valence-electron chi connectivity index (χ2n) is 6.10. The molecule has 0 aliphatic rings. The Morgan fingerprint density at radius 2 is 1.86 bits per heavy atom. The Hall–Kier alpha value is -3.26. The number of carbonyl (C=O) groups excluding carboxylic acids is 1. The van der Waals surface area contributed by atoms with Crippen LogP contribution in [0.5, 0.6) is 0 Å². The molecule has 0 saturated carbocycles. The lowest BCUT2D eigenvalue weighted by atomic mass is 10.2. The van der Waals surface area contributed by atoms with Gasteiger partial charge in [-0.15, -0.1) is 5.10 Å². The highest BCUT2D eigenvalue weighted by Crippen LogP contribution is 2.21. The van der Waals surface area contributed by atoms with Gasteiger partial charge in [0.15, 0.2) is 5.78 Å². The summed E-state index contributed by atoms with van der Waals surface area (Å²) in [5.41, 5.74) is 2.14. The van der Waals surface area contributed by atoms with Crippen LogP contribution in [0.4, 0.5) is 15.9 Å². The molecule has 4 rings (SSSR count). The van der Waals surface area contributed by atoms with Gasteiger partial charge in [0.1, 0.15) is 11.6 Å². The van der Waals surface area contributed by atoms with Crippen LogP contribution in [0.15, 0.2) is 65.8 Å². The summed E-state index contributed by atoms with van der Waals surface area (Å²) in [6.45, 7) is 1.86. The van der Waals surface area contributed by atoms with E-state index >= 15 is 0 Å². The minimum absolute atomic E-state index is 0.0123. The van der Waals surface area contributed by atoms with E-state index in [-0.39, 0.29) is 17.4 Å². The van der Waals surface area contributed by atoms with Crippen molar-refractivity contribution in [1.29, 1.82) is 0 Å². The van der Waals surface area contributed by atoms with E-state index < -0.39 is 0 Å². The van der Waals surface area contributed by atoms with Crippen LogP contribution in [0.3, 0.4) is 0 Å². The van der Waals surface area contributed by atoms with Crippen LogP contribution in [0, 0.1) is 12.7 Å². The predicted octanol–water partition coefficient (Wildman–Crippen LogP) is 4.29. The normalized spacial score (nSPS) is 10.9. The summed E-state index contributed by atoms with van der Waals surface area (Å²) in [5.74, 6) is 1.03. The van der Waals surface area contributed by atoms with E-state index in [9.17, 15) is 9.18 Å². The molecule has 0 atom stereocenters. The van der Waals surface area contributed by atoms with E-state index in [2.05, 4.69) is 20.4 Å². The molecule has 0 aliphatic heterocycles. The van der Waals surface area contributed by atoms with Crippen LogP contribution < -0.4 is 5.32 Å². The third-order valence-electron chi connectivity index (χ3n) is 3.97. The minimum atomic E-state index is -0.302. The van der Waals surface area contributed by atoms with Crippen LogP contribution in [-0.2, 0) is 0 Å². The molecule has 2 heterocycles. The Bertz CT molecular complexity index is 1130. The van der Waals surface area contributed by atoms with Crippen LogP contribution in [-0.4, -0.2) is 31.1 Å². The average Bonchev–Trinajstić information content (AvgIpc) is 3.11. The Balaban J connectivity index is 1.56. The van der Waals surface area contributed by atoms with Gasteiger partial charge in [-0.2, -0.15) is 9.50 Å². The van der Waals surface area contributed by atoms with Crippen molar-refractivity contribution in [2.75, 3.05) is 11.1 Å². The number of carbonyl (C=O) groups is 1. The van der Waals surface area contributed by atoms with Crippen molar-refractivity contribution in [2.45, 2.75) is 12.1 Å². The number of hydrogen-bond acceptors (Lipinski definition) is 6. The zero-order valence-corrected chi connectivity index (χ0v) is 15.8. The number of aromatic nitrogens is 4. The molecule has 4 aromatic rings. The van der Waals surface area contributed by atoms with Crippen molar-refractivity contribution in [3.8, 4) is 0 Å².